The maximum Gasteiger partial charge on any atom is 0.193 e. The Hall–Kier alpha value is -0.410. The molecular formula is C16H29IN4OS. The number of aryl methyl sites for hydroxylation is 1. The number of guanidine groups is 1. The van der Waals surface area contributed by atoms with Gasteiger partial charge in [0.1, 0.15) is 5.01 Å². The Bertz CT molecular complexity index is 512. The van der Waals surface area contributed by atoms with Crippen molar-refractivity contribution in [2.75, 3.05) is 33.9 Å². The molecule has 7 heteroatoms. The number of rotatable bonds is 5. The third-order valence-corrected chi connectivity index (χ3v) is 4.94. The average Bonchev–Trinajstić information content (AvgIpc) is 3.09. The summed E-state index contributed by atoms with van der Waals surface area (Å²) in [4.78, 5) is 12.6. The van der Waals surface area contributed by atoms with Gasteiger partial charge in [-0.1, -0.05) is 13.8 Å². The van der Waals surface area contributed by atoms with Gasteiger partial charge in [0.2, 0.25) is 0 Å². The third kappa shape index (κ3) is 5.86. The summed E-state index contributed by atoms with van der Waals surface area (Å²) in [6.07, 6.45) is 1.14. The van der Waals surface area contributed by atoms with Crippen LogP contribution in [0.15, 0.2) is 4.99 Å². The van der Waals surface area contributed by atoms with Crippen molar-refractivity contribution in [2.45, 2.75) is 39.7 Å². The molecule has 1 saturated heterocycles. The summed E-state index contributed by atoms with van der Waals surface area (Å²) < 4.78 is 5.44. The van der Waals surface area contributed by atoms with Gasteiger partial charge < -0.3 is 15.0 Å². The first-order valence-corrected chi connectivity index (χ1v) is 8.78. The summed E-state index contributed by atoms with van der Waals surface area (Å²) in [5.74, 6) is 2.01. The van der Waals surface area contributed by atoms with Crippen LogP contribution >= 0.6 is 35.3 Å². The third-order valence-electron chi connectivity index (χ3n) is 3.95. The number of hydrogen-bond acceptors (Lipinski definition) is 4. The van der Waals surface area contributed by atoms with Crippen molar-refractivity contribution in [3.63, 3.8) is 0 Å². The van der Waals surface area contributed by atoms with Crippen LogP contribution in [0, 0.1) is 12.8 Å². The van der Waals surface area contributed by atoms with Gasteiger partial charge in [-0.15, -0.1) is 35.3 Å². The van der Waals surface area contributed by atoms with E-state index < -0.39 is 0 Å². The van der Waals surface area contributed by atoms with Crippen LogP contribution in [0.5, 0.6) is 0 Å². The molecule has 23 heavy (non-hydrogen) atoms. The minimum Gasteiger partial charge on any atom is -0.381 e. The molecule has 0 aromatic carbocycles. The smallest absolute Gasteiger partial charge is 0.193 e. The van der Waals surface area contributed by atoms with E-state index in [0.29, 0.717) is 11.8 Å². The van der Waals surface area contributed by atoms with E-state index in [0.717, 1.165) is 43.7 Å². The standard InChI is InChI=1S/C16H28N4OS.HI/c1-11(2)15-12(3)22-14(19-15)8-18-16(17-4)20(5)9-13-6-7-21-10-13;/h11,13H,6-10H2,1-5H3,(H,17,18);1H. The van der Waals surface area contributed by atoms with Crippen molar-refractivity contribution in [2.24, 2.45) is 10.9 Å². The van der Waals surface area contributed by atoms with Gasteiger partial charge in [0.05, 0.1) is 18.8 Å². The molecule has 132 valence electrons. The molecule has 1 aromatic heterocycles. The first-order chi connectivity index (χ1) is 10.5. The Morgan fingerprint density at radius 3 is 2.78 bits per heavy atom. The van der Waals surface area contributed by atoms with Crippen LogP contribution in [0.25, 0.3) is 0 Å². The van der Waals surface area contributed by atoms with Crippen LogP contribution in [0.4, 0.5) is 0 Å². The summed E-state index contributed by atoms with van der Waals surface area (Å²) in [6.45, 7) is 10.00. The highest BCUT2D eigenvalue weighted by Crippen LogP contribution is 2.24. The van der Waals surface area contributed by atoms with Gasteiger partial charge in [-0.3, -0.25) is 4.99 Å². The van der Waals surface area contributed by atoms with E-state index in [-0.39, 0.29) is 24.0 Å². The normalized spacial score (nSPS) is 18.2. The molecule has 1 atom stereocenters. The second-order valence-electron chi connectivity index (χ2n) is 6.21. The molecule has 5 nitrogen and oxygen atoms in total. The Labute approximate surface area is 160 Å². The van der Waals surface area contributed by atoms with Crippen LogP contribution in [-0.2, 0) is 11.3 Å². The van der Waals surface area contributed by atoms with Crippen molar-refractivity contribution < 1.29 is 4.74 Å². The molecule has 0 aliphatic carbocycles. The number of aliphatic imine (C=N–C) groups is 1. The van der Waals surface area contributed by atoms with Gasteiger partial charge >= 0.3 is 0 Å². The topological polar surface area (TPSA) is 49.8 Å². The molecule has 0 bridgehead atoms. The maximum atomic E-state index is 5.44. The molecular weight excluding hydrogens is 423 g/mol. The lowest BCUT2D eigenvalue weighted by Gasteiger charge is -2.24. The van der Waals surface area contributed by atoms with Crippen molar-refractivity contribution in [3.05, 3.63) is 15.6 Å². The lowest BCUT2D eigenvalue weighted by Crippen LogP contribution is -2.41. The highest BCUT2D eigenvalue weighted by Gasteiger charge is 2.19. The maximum absolute atomic E-state index is 5.44. The van der Waals surface area contributed by atoms with E-state index in [9.17, 15) is 0 Å². The molecule has 1 aliphatic heterocycles. The second-order valence-corrected chi connectivity index (χ2v) is 7.50. The Balaban J connectivity index is 0.00000264. The van der Waals surface area contributed by atoms with Crippen LogP contribution < -0.4 is 5.32 Å². The van der Waals surface area contributed by atoms with Gasteiger partial charge in [0.25, 0.3) is 0 Å². The lowest BCUT2D eigenvalue weighted by molar-refractivity contribution is 0.181. The summed E-state index contributed by atoms with van der Waals surface area (Å²) in [6, 6.07) is 0. The molecule has 1 aromatic rings. The number of hydrogen-bond donors (Lipinski definition) is 1. The fourth-order valence-corrected chi connectivity index (χ4v) is 3.84. The Morgan fingerprint density at radius 2 is 2.26 bits per heavy atom. The van der Waals surface area contributed by atoms with Crippen LogP contribution in [-0.4, -0.2) is 49.7 Å². The second kappa shape index (κ2) is 9.78. The van der Waals surface area contributed by atoms with Gasteiger partial charge in [0, 0.05) is 38.0 Å². The predicted molar refractivity (Wildman–Crippen MR) is 108 cm³/mol. The summed E-state index contributed by atoms with van der Waals surface area (Å²) in [5, 5.41) is 4.55. The molecule has 1 unspecified atom stereocenters. The van der Waals surface area contributed by atoms with E-state index in [1.54, 1.807) is 11.3 Å². The molecule has 1 N–H and O–H groups in total. The SMILES string of the molecule is CN=C(NCc1nc(C(C)C)c(C)s1)N(C)CC1CCOC1.I. The molecule has 0 spiro atoms. The molecule has 0 saturated carbocycles. The Morgan fingerprint density at radius 1 is 1.52 bits per heavy atom. The number of halogens is 1. The van der Waals surface area contributed by atoms with Crippen LogP contribution in [0.3, 0.4) is 0 Å². The average molecular weight is 452 g/mol. The monoisotopic (exact) mass is 452 g/mol. The van der Waals surface area contributed by atoms with Gasteiger partial charge in [-0.25, -0.2) is 4.98 Å². The summed E-state index contributed by atoms with van der Waals surface area (Å²) in [7, 11) is 3.91. The fraction of sp³-hybridized carbons (Fsp3) is 0.750. The molecule has 1 aliphatic rings. The summed E-state index contributed by atoms with van der Waals surface area (Å²) in [5.41, 5.74) is 1.22. The molecule has 2 rings (SSSR count). The quantitative estimate of drug-likeness (QED) is 0.424. The summed E-state index contributed by atoms with van der Waals surface area (Å²) >= 11 is 1.77. The lowest BCUT2D eigenvalue weighted by atomic mass is 10.1. The fourth-order valence-electron chi connectivity index (χ4n) is 2.82. The highest BCUT2D eigenvalue weighted by atomic mass is 127. The van der Waals surface area contributed by atoms with Gasteiger partial charge in [-0.2, -0.15) is 0 Å². The molecule has 0 radical (unpaired) electrons. The molecule has 0 amide bonds. The van der Waals surface area contributed by atoms with E-state index in [1.165, 1.54) is 10.6 Å². The minimum absolute atomic E-state index is 0. The largest absolute Gasteiger partial charge is 0.381 e. The van der Waals surface area contributed by atoms with Crippen molar-refractivity contribution in [1.82, 2.24) is 15.2 Å². The Kier molecular flexibility index (Phi) is 8.78. The first kappa shape index (κ1) is 20.6. The van der Waals surface area contributed by atoms with E-state index in [4.69, 9.17) is 9.72 Å². The van der Waals surface area contributed by atoms with E-state index >= 15 is 0 Å². The number of ether oxygens (including phenoxy) is 1. The van der Waals surface area contributed by atoms with E-state index in [2.05, 4.69) is 43.0 Å². The number of nitrogens with one attached hydrogen (secondary N) is 1. The van der Waals surface area contributed by atoms with Crippen molar-refractivity contribution in [1.29, 1.82) is 0 Å². The zero-order chi connectivity index (χ0) is 16.1. The van der Waals surface area contributed by atoms with E-state index in [1.807, 2.05) is 7.05 Å². The van der Waals surface area contributed by atoms with Gasteiger partial charge in [0.15, 0.2) is 5.96 Å². The zero-order valence-electron chi connectivity index (χ0n) is 14.8. The van der Waals surface area contributed by atoms with Gasteiger partial charge in [-0.05, 0) is 19.3 Å². The first-order valence-electron chi connectivity index (χ1n) is 7.97. The molecule has 1 fully saturated rings. The highest BCUT2D eigenvalue weighted by molar-refractivity contribution is 14.0. The van der Waals surface area contributed by atoms with Crippen LogP contribution in [0.1, 0.15) is 41.8 Å². The zero-order valence-corrected chi connectivity index (χ0v) is 17.9. The number of thiazole rings is 1. The predicted octanol–water partition coefficient (Wildman–Crippen LogP) is 3.24. The number of nitrogens with zero attached hydrogens (tertiary/aromatic N) is 3. The molecule has 2 heterocycles. The number of aromatic nitrogens is 1. The minimum atomic E-state index is 0. The van der Waals surface area contributed by atoms with Crippen LogP contribution in [0.2, 0.25) is 0 Å². The van der Waals surface area contributed by atoms with Crippen molar-refractivity contribution in [3.8, 4) is 0 Å². The van der Waals surface area contributed by atoms with Crippen molar-refractivity contribution >= 4 is 41.3 Å².